The van der Waals surface area contributed by atoms with E-state index in [1.165, 1.54) is 0 Å². The number of aliphatic hydroxyl groups excluding tert-OH is 1. The molecule has 2 aromatic carbocycles. The zero-order chi connectivity index (χ0) is 44.5. The number of aliphatic hydroxyl groups is 1. The molecule has 0 radical (unpaired) electrons. The topological polar surface area (TPSA) is 354 Å². The van der Waals surface area contributed by atoms with Crippen molar-refractivity contribution in [2.45, 2.75) is 82.2 Å². The number of aromatic amines is 1. The summed E-state index contributed by atoms with van der Waals surface area (Å²) >= 11 is 0. The number of carbonyl (C=O) groups excluding carboxylic acids is 7. The van der Waals surface area contributed by atoms with Crippen LogP contribution >= 0.6 is 0 Å². The van der Waals surface area contributed by atoms with Crippen molar-refractivity contribution in [3.63, 3.8) is 0 Å². The molecule has 0 bridgehead atoms. The minimum absolute atomic E-state index is 0.163. The molecule has 6 atom stereocenters. The van der Waals surface area contributed by atoms with Crippen LogP contribution in [-0.2, 0) is 56.0 Å². The summed E-state index contributed by atoms with van der Waals surface area (Å²) < 4.78 is 0. The molecule has 0 fully saturated rings. The van der Waals surface area contributed by atoms with Crippen molar-refractivity contribution in [2.24, 2.45) is 17.4 Å². The number of H-pyrrole nitrogens is 1. The van der Waals surface area contributed by atoms with Gasteiger partial charge in [0.25, 0.3) is 0 Å². The summed E-state index contributed by atoms with van der Waals surface area (Å²) in [7, 11) is 0. The first-order valence-electron chi connectivity index (χ1n) is 18.9. The number of amides is 7. The number of hydrogen-bond acceptors (Lipinski definition) is 11. The number of hydrogen-bond donors (Lipinski definition) is 12. The van der Waals surface area contributed by atoms with Crippen LogP contribution in [0.4, 0.5) is 0 Å². The Morgan fingerprint density at radius 2 is 1.20 bits per heavy atom. The highest BCUT2D eigenvalue weighted by molar-refractivity contribution is 5.98. The van der Waals surface area contributed by atoms with Crippen molar-refractivity contribution in [3.8, 4) is 0 Å². The van der Waals surface area contributed by atoms with Crippen LogP contribution in [0.15, 0.2) is 60.8 Å². The highest BCUT2D eigenvalue weighted by Gasteiger charge is 2.35. The standard InChI is InChI=1S/C39H51N9O12/c1-20(2)33(39(59)60)48-37(57)27(15-22-18-42-24-11-7-6-10-23(22)24)45-38(58)29(19-49)47-36(56)28(16-32(52)53)46-35(55)26(14-21-8-4-3-5-9-21)44-34(54)25(12-13-30(41)50)43-31(51)17-40/h3-11,18,20,25-29,33,42,49H,12-17,19,40H2,1-2H3,(H2,41,50)(H,43,51)(H,44,54)(H,45,58)(H,46,55)(H,47,56)(H,48,57)(H,52,53)(H,59,60)/t25-,26-,27-,28-,29-,33-/m0/s1. The first-order valence-corrected chi connectivity index (χ1v) is 18.9. The van der Waals surface area contributed by atoms with Gasteiger partial charge in [0.05, 0.1) is 19.6 Å². The van der Waals surface area contributed by atoms with Crippen LogP contribution in [0.25, 0.3) is 10.9 Å². The van der Waals surface area contributed by atoms with Gasteiger partial charge in [0.2, 0.25) is 41.4 Å². The summed E-state index contributed by atoms with van der Waals surface area (Å²) in [6.45, 7) is 1.57. The average Bonchev–Trinajstić information content (AvgIpc) is 3.61. The molecule has 0 saturated heterocycles. The first-order chi connectivity index (χ1) is 28.4. The first kappa shape index (κ1) is 47.5. The van der Waals surface area contributed by atoms with Gasteiger partial charge in [-0.05, 0) is 29.5 Å². The number of aliphatic carboxylic acids is 2. The summed E-state index contributed by atoms with van der Waals surface area (Å²) in [5.41, 5.74) is 12.4. The van der Waals surface area contributed by atoms with E-state index in [-0.39, 0.29) is 25.7 Å². The number of carboxylic acid groups (broad SMARTS) is 2. The highest BCUT2D eigenvalue weighted by atomic mass is 16.4. The maximum absolute atomic E-state index is 13.8. The molecule has 0 aliphatic rings. The van der Waals surface area contributed by atoms with Crippen LogP contribution in [0.1, 0.15) is 44.2 Å². The molecule has 21 nitrogen and oxygen atoms in total. The monoisotopic (exact) mass is 837 g/mol. The van der Waals surface area contributed by atoms with E-state index in [1.54, 1.807) is 74.6 Å². The second kappa shape index (κ2) is 22.9. The summed E-state index contributed by atoms with van der Waals surface area (Å²) in [5.74, 6) is -10.2. The number of rotatable bonds is 24. The van der Waals surface area contributed by atoms with Gasteiger partial charge in [-0.3, -0.25) is 38.4 Å². The number of nitrogens with two attached hydrogens (primary N) is 2. The molecule has 0 spiro atoms. The van der Waals surface area contributed by atoms with Gasteiger partial charge < -0.3 is 63.7 Å². The minimum atomic E-state index is -1.90. The predicted octanol–water partition coefficient (Wildman–Crippen LogP) is -2.71. The van der Waals surface area contributed by atoms with Crippen LogP contribution in [0.2, 0.25) is 0 Å². The molecule has 324 valence electrons. The lowest BCUT2D eigenvalue weighted by Gasteiger charge is -2.27. The van der Waals surface area contributed by atoms with Crippen LogP contribution < -0.4 is 43.4 Å². The molecule has 0 saturated carbocycles. The van der Waals surface area contributed by atoms with E-state index >= 15 is 0 Å². The molecule has 3 rings (SSSR count). The number of benzene rings is 2. The second-order valence-corrected chi connectivity index (χ2v) is 14.2. The van der Waals surface area contributed by atoms with E-state index in [4.69, 9.17) is 11.5 Å². The van der Waals surface area contributed by atoms with E-state index in [0.29, 0.717) is 22.0 Å². The van der Waals surface area contributed by atoms with Crippen LogP contribution in [0, 0.1) is 5.92 Å². The van der Waals surface area contributed by atoms with Crippen molar-refractivity contribution in [1.29, 1.82) is 0 Å². The summed E-state index contributed by atoms with van der Waals surface area (Å²) in [4.78, 5) is 118. The van der Waals surface area contributed by atoms with Gasteiger partial charge >= 0.3 is 11.9 Å². The lowest BCUT2D eigenvalue weighted by Crippen LogP contribution is -2.61. The maximum Gasteiger partial charge on any atom is 0.326 e. The Kier molecular flexibility index (Phi) is 18.1. The van der Waals surface area contributed by atoms with Crippen LogP contribution in [0.3, 0.4) is 0 Å². The third-order valence-corrected chi connectivity index (χ3v) is 9.22. The zero-order valence-electron chi connectivity index (χ0n) is 32.9. The summed E-state index contributed by atoms with van der Waals surface area (Å²) in [6.07, 6.45) is -0.381. The highest BCUT2D eigenvalue weighted by Crippen LogP contribution is 2.19. The predicted molar refractivity (Wildman–Crippen MR) is 213 cm³/mol. The van der Waals surface area contributed by atoms with Crippen molar-refractivity contribution >= 4 is 64.2 Å². The van der Waals surface area contributed by atoms with Crippen LogP contribution in [0.5, 0.6) is 0 Å². The molecule has 1 heterocycles. The fourth-order valence-electron chi connectivity index (χ4n) is 6.03. The number of primary amides is 1. The van der Waals surface area contributed by atoms with Gasteiger partial charge in [-0.1, -0.05) is 62.4 Å². The van der Waals surface area contributed by atoms with Crippen molar-refractivity contribution in [1.82, 2.24) is 36.9 Å². The molecule has 0 unspecified atom stereocenters. The molecule has 60 heavy (non-hydrogen) atoms. The molecule has 14 N–H and O–H groups in total. The number of nitrogens with one attached hydrogen (secondary N) is 7. The average molecular weight is 838 g/mol. The molecule has 1 aromatic heterocycles. The Labute approximate surface area is 343 Å². The van der Waals surface area contributed by atoms with E-state index < -0.39 is 115 Å². The molecule has 3 aromatic rings. The lowest BCUT2D eigenvalue weighted by molar-refractivity contribution is -0.143. The number of fused-ring (bicyclic) bond motifs is 1. The fourth-order valence-corrected chi connectivity index (χ4v) is 6.03. The summed E-state index contributed by atoms with van der Waals surface area (Å²) in [5, 5.41) is 44.4. The van der Waals surface area contributed by atoms with Gasteiger partial charge in [0.1, 0.15) is 36.3 Å². The minimum Gasteiger partial charge on any atom is -0.481 e. The van der Waals surface area contributed by atoms with Crippen LogP contribution in [-0.4, -0.2) is 123 Å². The normalized spacial score (nSPS) is 14.0. The smallest absolute Gasteiger partial charge is 0.326 e. The SMILES string of the molecule is CC(C)[C@H](NC(=O)[C@H](Cc1c[nH]c2ccccc12)NC(=O)[C@H](CO)NC(=O)[C@H](CC(=O)O)NC(=O)[C@H](Cc1ccccc1)NC(=O)[C@H](CCC(N)=O)NC(=O)CN)C(=O)O. The third-order valence-electron chi connectivity index (χ3n) is 9.22. The number of carbonyl (C=O) groups is 9. The van der Waals surface area contributed by atoms with E-state index in [2.05, 4.69) is 36.9 Å². The Morgan fingerprint density at radius 1 is 0.667 bits per heavy atom. The number of aromatic nitrogens is 1. The Hall–Kier alpha value is -6.87. The molecule has 0 aliphatic heterocycles. The van der Waals surface area contributed by atoms with Gasteiger partial charge in [0.15, 0.2) is 0 Å². The van der Waals surface area contributed by atoms with Gasteiger partial charge in [-0.25, -0.2) is 4.79 Å². The number of carboxylic acids is 2. The quantitative estimate of drug-likeness (QED) is 0.0437. The van der Waals surface area contributed by atoms with Crippen molar-refractivity contribution in [3.05, 3.63) is 71.9 Å². The summed E-state index contributed by atoms with van der Waals surface area (Å²) in [6, 6.07) is 5.91. The van der Waals surface area contributed by atoms with Gasteiger partial charge in [-0.15, -0.1) is 0 Å². The number of para-hydroxylation sites is 1. The fraction of sp³-hybridized carbons (Fsp3) is 0.410. The third kappa shape index (κ3) is 14.5. The Bertz CT molecular complexity index is 2020. The molecule has 21 heteroatoms. The Balaban J connectivity index is 1.86. The second-order valence-electron chi connectivity index (χ2n) is 14.2. The molecular formula is C39H51N9O12. The molecular weight excluding hydrogens is 786 g/mol. The molecule has 0 aliphatic carbocycles. The maximum atomic E-state index is 13.8. The van der Waals surface area contributed by atoms with Crippen molar-refractivity contribution in [2.75, 3.05) is 13.2 Å². The van der Waals surface area contributed by atoms with Crippen molar-refractivity contribution < 1.29 is 58.5 Å². The van der Waals surface area contributed by atoms with E-state index in [9.17, 15) is 58.5 Å². The molecule has 7 amide bonds. The Morgan fingerprint density at radius 3 is 1.78 bits per heavy atom. The zero-order valence-corrected chi connectivity index (χ0v) is 32.9. The van der Waals surface area contributed by atoms with Gasteiger partial charge in [0, 0.05) is 36.4 Å². The largest absolute Gasteiger partial charge is 0.481 e. The lowest BCUT2D eigenvalue weighted by atomic mass is 10.0. The van der Waals surface area contributed by atoms with E-state index in [1.807, 2.05) is 0 Å². The van der Waals surface area contributed by atoms with Gasteiger partial charge in [-0.2, -0.15) is 0 Å². The van der Waals surface area contributed by atoms with E-state index in [0.717, 1.165) is 0 Å².